The van der Waals surface area contributed by atoms with Crippen molar-refractivity contribution in [2.24, 2.45) is 11.8 Å². The van der Waals surface area contributed by atoms with Gasteiger partial charge >= 0.3 is 0 Å². The van der Waals surface area contributed by atoms with E-state index < -0.39 is 6.10 Å². The first-order valence-electron chi connectivity index (χ1n) is 10.3. The van der Waals surface area contributed by atoms with Crippen LogP contribution >= 0.6 is 0 Å². The Balaban J connectivity index is 1.33. The van der Waals surface area contributed by atoms with Crippen LogP contribution in [0.3, 0.4) is 0 Å². The largest absolute Gasteiger partial charge is 0.391 e. The van der Waals surface area contributed by atoms with Crippen molar-refractivity contribution in [2.75, 3.05) is 13.1 Å². The van der Waals surface area contributed by atoms with Gasteiger partial charge in [-0.25, -0.2) is 15.0 Å². The zero-order chi connectivity index (χ0) is 20.1. The molecule has 0 aromatic carbocycles. The molecule has 3 aromatic heterocycles. The summed E-state index contributed by atoms with van der Waals surface area (Å²) in [6.45, 7) is 5.58. The van der Waals surface area contributed by atoms with Gasteiger partial charge in [0.15, 0.2) is 5.65 Å². The minimum Gasteiger partial charge on any atom is -0.391 e. The number of hydrogen-bond donors (Lipinski definition) is 1. The maximum absolute atomic E-state index is 13.1. The van der Waals surface area contributed by atoms with Crippen molar-refractivity contribution in [2.45, 2.75) is 44.9 Å². The Morgan fingerprint density at radius 3 is 2.69 bits per heavy atom. The molecular formula is C21H26N6O2. The number of pyridine rings is 1. The lowest BCUT2D eigenvalue weighted by atomic mass is 9.77. The summed E-state index contributed by atoms with van der Waals surface area (Å²) in [7, 11) is 0. The molecule has 0 unspecified atom stereocenters. The second-order valence-corrected chi connectivity index (χ2v) is 8.66. The Kier molecular flexibility index (Phi) is 4.38. The molecule has 1 saturated heterocycles. The van der Waals surface area contributed by atoms with Crippen LogP contribution in [-0.2, 0) is 0 Å². The predicted octanol–water partition coefficient (Wildman–Crippen LogP) is 2.29. The van der Waals surface area contributed by atoms with Gasteiger partial charge in [-0.1, -0.05) is 0 Å². The maximum Gasteiger partial charge on any atom is 0.255 e. The number of aliphatic hydroxyl groups excluding tert-OH is 1. The quantitative estimate of drug-likeness (QED) is 0.736. The molecule has 152 valence electrons. The fourth-order valence-corrected chi connectivity index (χ4v) is 4.96. The molecule has 0 bridgehead atoms. The number of nitrogens with zero attached hydrogens (tertiary/aromatic N) is 6. The average Bonchev–Trinajstić information content (AvgIpc) is 3.44. The van der Waals surface area contributed by atoms with E-state index in [2.05, 4.69) is 28.8 Å². The van der Waals surface area contributed by atoms with Crippen LogP contribution in [0.15, 0.2) is 37.3 Å². The summed E-state index contributed by atoms with van der Waals surface area (Å²) in [6, 6.07) is 2.15. The number of aromatic nitrogens is 5. The Morgan fingerprint density at radius 2 is 1.97 bits per heavy atom. The molecule has 1 N–H and O–H groups in total. The summed E-state index contributed by atoms with van der Waals surface area (Å²) in [4.78, 5) is 28.1. The second-order valence-electron chi connectivity index (χ2n) is 8.66. The molecule has 2 fully saturated rings. The van der Waals surface area contributed by atoms with Crippen LogP contribution in [0.25, 0.3) is 11.2 Å². The van der Waals surface area contributed by atoms with E-state index in [-0.39, 0.29) is 18.0 Å². The third kappa shape index (κ3) is 3.11. The summed E-state index contributed by atoms with van der Waals surface area (Å²) in [5.74, 6) is 0.735. The highest BCUT2D eigenvalue weighted by Crippen LogP contribution is 2.41. The third-order valence-electron chi connectivity index (χ3n) is 6.52. The lowest BCUT2D eigenvalue weighted by Gasteiger charge is -2.35. The van der Waals surface area contributed by atoms with Crippen molar-refractivity contribution in [1.29, 1.82) is 0 Å². The van der Waals surface area contributed by atoms with Gasteiger partial charge in [0.1, 0.15) is 5.52 Å². The minimum atomic E-state index is -0.404. The number of likely N-dealkylation sites (tertiary alicyclic amines) is 1. The van der Waals surface area contributed by atoms with Crippen LogP contribution in [-0.4, -0.2) is 59.2 Å². The van der Waals surface area contributed by atoms with Gasteiger partial charge in [-0.3, -0.25) is 4.79 Å². The second kappa shape index (κ2) is 6.95. The van der Waals surface area contributed by atoms with Crippen LogP contribution in [0.4, 0.5) is 0 Å². The predicted molar refractivity (Wildman–Crippen MR) is 107 cm³/mol. The molecule has 4 heterocycles. The van der Waals surface area contributed by atoms with E-state index in [1.54, 1.807) is 25.0 Å². The SMILES string of the molecule is CC(C)n1cnc2cc(C(=O)N3C[C@H]4C[C@@H](n5ccnc5)[C@H](O)C[C@H]4C3)cnc21. The molecule has 8 nitrogen and oxygen atoms in total. The summed E-state index contributed by atoms with van der Waals surface area (Å²) in [6.07, 6.45) is 10.0. The van der Waals surface area contributed by atoms with Crippen molar-refractivity contribution in [3.05, 3.63) is 42.9 Å². The third-order valence-corrected chi connectivity index (χ3v) is 6.52. The van der Waals surface area contributed by atoms with Crippen molar-refractivity contribution in [3.8, 4) is 0 Å². The zero-order valence-corrected chi connectivity index (χ0v) is 16.7. The molecule has 1 amide bonds. The maximum atomic E-state index is 13.1. The summed E-state index contributed by atoms with van der Waals surface area (Å²) in [5.41, 5.74) is 2.13. The van der Waals surface area contributed by atoms with Crippen LogP contribution in [0, 0.1) is 11.8 Å². The Labute approximate surface area is 169 Å². The van der Waals surface area contributed by atoms with E-state index in [0.717, 1.165) is 24.1 Å². The Hall–Kier alpha value is -2.74. The Bertz CT molecular complexity index is 1030. The van der Waals surface area contributed by atoms with E-state index in [1.807, 2.05) is 26.3 Å². The smallest absolute Gasteiger partial charge is 0.255 e. The van der Waals surface area contributed by atoms with Gasteiger partial charge in [-0.2, -0.15) is 0 Å². The normalized spacial score (nSPS) is 27.0. The first-order valence-corrected chi connectivity index (χ1v) is 10.3. The number of carbonyl (C=O) groups excluding carboxylic acids is 1. The molecule has 4 atom stereocenters. The summed E-state index contributed by atoms with van der Waals surface area (Å²) >= 11 is 0. The lowest BCUT2D eigenvalue weighted by Crippen LogP contribution is -2.35. The van der Waals surface area contributed by atoms with E-state index in [1.165, 1.54) is 0 Å². The molecule has 0 spiro atoms. The number of imidazole rings is 2. The van der Waals surface area contributed by atoms with Gasteiger partial charge in [-0.05, 0) is 44.6 Å². The van der Waals surface area contributed by atoms with Gasteiger partial charge in [0, 0.05) is 37.7 Å². The number of hydrogen-bond acceptors (Lipinski definition) is 5. The first-order chi connectivity index (χ1) is 14.0. The molecule has 5 rings (SSSR count). The number of rotatable bonds is 3. The van der Waals surface area contributed by atoms with E-state index in [0.29, 0.717) is 30.4 Å². The highest BCUT2D eigenvalue weighted by Gasteiger charge is 2.43. The summed E-state index contributed by atoms with van der Waals surface area (Å²) in [5, 5.41) is 10.6. The van der Waals surface area contributed by atoms with E-state index in [9.17, 15) is 9.90 Å². The lowest BCUT2D eigenvalue weighted by molar-refractivity contribution is 0.0357. The topological polar surface area (TPSA) is 89.1 Å². The molecule has 1 aliphatic carbocycles. The standard InChI is InChI=1S/C21H26N6O2/c1-13(2)27-12-24-17-5-14(8-23-20(17)27)21(29)26-9-15-6-18(25-4-3-22-11-25)19(28)7-16(15)10-26/h3-5,8,11-13,15-16,18-19,28H,6-7,9-10H2,1-2H3/t15-,16+,18-,19-/m1/s1. The van der Waals surface area contributed by atoms with Crippen LogP contribution in [0.5, 0.6) is 0 Å². The molecule has 3 aromatic rings. The van der Waals surface area contributed by atoms with Crippen LogP contribution in [0.1, 0.15) is 49.1 Å². The highest BCUT2D eigenvalue weighted by atomic mass is 16.3. The average molecular weight is 394 g/mol. The van der Waals surface area contributed by atoms with Gasteiger partial charge in [0.25, 0.3) is 5.91 Å². The van der Waals surface area contributed by atoms with Crippen molar-refractivity contribution >= 4 is 17.1 Å². The van der Waals surface area contributed by atoms with Gasteiger partial charge in [0.2, 0.25) is 0 Å². The van der Waals surface area contributed by atoms with Gasteiger partial charge in [0.05, 0.1) is 30.4 Å². The number of aliphatic hydroxyl groups is 1. The fourth-order valence-electron chi connectivity index (χ4n) is 4.96. The molecule has 1 aliphatic heterocycles. The highest BCUT2D eigenvalue weighted by molar-refractivity contribution is 5.96. The van der Waals surface area contributed by atoms with Gasteiger partial charge in [-0.15, -0.1) is 0 Å². The monoisotopic (exact) mass is 394 g/mol. The van der Waals surface area contributed by atoms with Crippen molar-refractivity contribution < 1.29 is 9.90 Å². The number of carbonyl (C=O) groups is 1. The molecule has 0 radical (unpaired) electrons. The number of fused-ring (bicyclic) bond motifs is 2. The van der Waals surface area contributed by atoms with E-state index in [4.69, 9.17) is 0 Å². The van der Waals surface area contributed by atoms with Crippen LogP contribution in [0.2, 0.25) is 0 Å². The van der Waals surface area contributed by atoms with Gasteiger partial charge < -0.3 is 19.1 Å². The van der Waals surface area contributed by atoms with Crippen LogP contribution < -0.4 is 0 Å². The molecule has 1 saturated carbocycles. The zero-order valence-electron chi connectivity index (χ0n) is 16.7. The van der Waals surface area contributed by atoms with E-state index >= 15 is 0 Å². The molecule has 2 aliphatic rings. The van der Waals surface area contributed by atoms with Crippen molar-refractivity contribution in [1.82, 2.24) is 29.0 Å². The van der Waals surface area contributed by atoms with Crippen molar-refractivity contribution in [3.63, 3.8) is 0 Å². The molecule has 8 heteroatoms. The first kappa shape index (κ1) is 18.3. The Morgan fingerprint density at radius 1 is 1.17 bits per heavy atom. The summed E-state index contributed by atoms with van der Waals surface area (Å²) < 4.78 is 4.00. The number of amides is 1. The fraction of sp³-hybridized carbons (Fsp3) is 0.524. The molecule has 29 heavy (non-hydrogen) atoms. The minimum absolute atomic E-state index is 0.00145. The molecular weight excluding hydrogens is 368 g/mol.